The number of carbonyl (C=O) groups is 1. The molecule has 4 aromatic rings. The van der Waals surface area contributed by atoms with E-state index in [-0.39, 0.29) is 5.91 Å². The minimum absolute atomic E-state index is 0.0774. The molecule has 0 unspecified atom stereocenters. The highest BCUT2D eigenvalue weighted by Gasteiger charge is 2.12. The van der Waals surface area contributed by atoms with E-state index in [0.717, 1.165) is 32.8 Å². The van der Waals surface area contributed by atoms with Crippen molar-refractivity contribution in [2.75, 3.05) is 6.54 Å². The van der Waals surface area contributed by atoms with E-state index < -0.39 is 0 Å². The van der Waals surface area contributed by atoms with Crippen molar-refractivity contribution in [3.8, 4) is 0 Å². The van der Waals surface area contributed by atoms with E-state index >= 15 is 0 Å². The molecular weight excluding hydrogens is 390 g/mol. The molecule has 0 saturated heterocycles. The molecule has 4 rings (SSSR count). The summed E-state index contributed by atoms with van der Waals surface area (Å²) in [5, 5.41) is 14.5. The molecule has 142 valence electrons. The predicted octanol–water partition coefficient (Wildman–Crippen LogP) is 3.76. The Kier molecular flexibility index (Phi) is 5.68. The SMILES string of the molecule is Cc1nc(CSc2ccccc2C(=O)NCCc2nnc3ccccn23)cs1. The zero-order chi connectivity index (χ0) is 19.3. The highest BCUT2D eigenvalue weighted by Crippen LogP contribution is 2.26. The second-order valence-corrected chi connectivity index (χ2v) is 8.27. The lowest BCUT2D eigenvalue weighted by molar-refractivity contribution is 0.0951. The van der Waals surface area contributed by atoms with Crippen LogP contribution in [0.3, 0.4) is 0 Å². The zero-order valence-electron chi connectivity index (χ0n) is 15.3. The third-order valence-corrected chi connectivity index (χ3v) is 6.12. The summed E-state index contributed by atoms with van der Waals surface area (Å²) in [7, 11) is 0. The molecule has 3 aromatic heterocycles. The van der Waals surface area contributed by atoms with Crippen LogP contribution in [0.25, 0.3) is 5.65 Å². The van der Waals surface area contributed by atoms with Gasteiger partial charge in [-0.2, -0.15) is 0 Å². The summed E-state index contributed by atoms with van der Waals surface area (Å²) in [5.41, 5.74) is 2.54. The standard InChI is InChI=1S/C20H19N5OS2/c1-14-22-15(12-27-14)13-28-17-7-3-2-6-16(17)20(26)21-10-9-19-24-23-18-8-4-5-11-25(18)19/h2-8,11-12H,9-10,13H2,1H3,(H,21,26). The number of pyridine rings is 1. The molecule has 0 aliphatic heterocycles. The maximum Gasteiger partial charge on any atom is 0.252 e. The minimum atomic E-state index is -0.0774. The molecule has 0 bridgehead atoms. The van der Waals surface area contributed by atoms with Gasteiger partial charge in [0.15, 0.2) is 5.65 Å². The number of hydrogen-bond acceptors (Lipinski definition) is 6. The Morgan fingerprint density at radius 1 is 1.18 bits per heavy atom. The van der Waals surface area contributed by atoms with Crippen LogP contribution in [0.5, 0.6) is 0 Å². The second-order valence-electron chi connectivity index (χ2n) is 6.19. The Morgan fingerprint density at radius 2 is 2.04 bits per heavy atom. The zero-order valence-corrected chi connectivity index (χ0v) is 17.0. The Morgan fingerprint density at radius 3 is 2.89 bits per heavy atom. The number of aromatic nitrogens is 4. The Hall–Kier alpha value is -2.71. The van der Waals surface area contributed by atoms with Crippen LogP contribution in [0.4, 0.5) is 0 Å². The Bertz CT molecular complexity index is 1100. The highest BCUT2D eigenvalue weighted by atomic mass is 32.2. The molecule has 0 aliphatic rings. The van der Waals surface area contributed by atoms with Gasteiger partial charge in [-0.15, -0.1) is 33.3 Å². The molecule has 8 heteroatoms. The number of rotatable bonds is 7. The monoisotopic (exact) mass is 409 g/mol. The summed E-state index contributed by atoms with van der Waals surface area (Å²) >= 11 is 3.28. The summed E-state index contributed by atoms with van der Waals surface area (Å²) in [6.07, 6.45) is 2.54. The molecule has 0 radical (unpaired) electrons. The van der Waals surface area contributed by atoms with Gasteiger partial charge in [-0.1, -0.05) is 18.2 Å². The van der Waals surface area contributed by atoms with E-state index in [4.69, 9.17) is 0 Å². The van der Waals surface area contributed by atoms with Gasteiger partial charge in [0.2, 0.25) is 0 Å². The normalized spacial score (nSPS) is 11.0. The first-order valence-electron chi connectivity index (χ1n) is 8.90. The fraction of sp³-hybridized carbons (Fsp3) is 0.200. The fourth-order valence-electron chi connectivity index (χ4n) is 2.85. The van der Waals surface area contributed by atoms with Crippen molar-refractivity contribution in [1.82, 2.24) is 24.9 Å². The number of amides is 1. The maximum absolute atomic E-state index is 12.7. The lowest BCUT2D eigenvalue weighted by Gasteiger charge is -2.09. The molecule has 0 spiro atoms. The van der Waals surface area contributed by atoms with E-state index in [1.807, 2.05) is 60.0 Å². The van der Waals surface area contributed by atoms with Gasteiger partial charge in [0.1, 0.15) is 5.82 Å². The van der Waals surface area contributed by atoms with E-state index in [2.05, 4.69) is 25.9 Å². The first-order valence-corrected chi connectivity index (χ1v) is 10.8. The number of nitrogens with zero attached hydrogens (tertiary/aromatic N) is 4. The van der Waals surface area contributed by atoms with Crippen molar-refractivity contribution >= 4 is 34.7 Å². The summed E-state index contributed by atoms with van der Waals surface area (Å²) < 4.78 is 1.94. The van der Waals surface area contributed by atoms with Crippen molar-refractivity contribution in [1.29, 1.82) is 0 Å². The van der Waals surface area contributed by atoms with Crippen LogP contribution >= 0.6 is 23.1 Å². The van der Waals surface area contributed by atoms with Crippen molar-refractivity contribution in [2.24, 2.45) is 0 Å². The average Bonchev–Trinajstić information content (AvgIpc) is 3.33. The molecule has 3 heterocycles. The molecule has 28 heavy (non-hydrogen) atoms. The molecule has 1 amide bonds. The van der Waals surface area contributed by atoms with Gasteiger partial charge < -0.3 is 5.32 Å². The van der Waals surface area contributed by atoms with Crippen molar-refractivity contribution in [3.63, 3.8) is 0 Å². The van der Waals surface area contributed by atoms with Crippen molar-refractivity contribution in [2.45, 2.75) is 24.0 Å². The van der Waals surface area contributed by atoms with E-state index in [0.29, 0.717) is 18.5 Å². The highest BCUT2D eigenvalue weighted by molar-refractivity contribution is 7.98. The Balaban J connectivity index is 1.38. The van der Waals surface area contributed by atoms with Crippen molar-refractivity contribution < 1.29 is 4.79 Å². The fourth-order valence-corrected chi connectivity index (χ4v) is 4.51. The minimum Gasteiger partial charge on any atom is -0.352 e. The van der Waals surface area contributed by atoms with E-state index in [9.17, 15) is 4.79 Å². The lowest BCUT2D eigenvalue weighted by atomic mass is 10.2. The molecule has 0 saturated carbocycles. The smallest absolute Gasteiger partial charge is 0.252 e. The quantitative estimate of drug-likeness (QED) is 0.471. The lowest BCUT2D eigenvalue weighted by Crippen LogP contribution is -2.26. The average molecular weight is 410 g/mol. The first kappa shape index (κ1) is 18.6. The second kappa shape index (κ2) is 8.53. The number of hydrogen-bond donors (Lipinski definition) is 1. The number of nitrogens with one attached hydrogen (secondary N) is 1. The molecule has 0 fully saturated rings. The van der Waals surface area contributed by atoms with Gasteiger partial charge in [0, 0.05) is 35.2 Å². The number of thioether (sulfide) groups is 1. The molecule has 1 aromatic carbocycles. The van der Waals surface area contributed by atoms with Gasteiger partial charge in [0.05, 0.1) is 16.3 Å². The van der Waals surface area contributed by atoms with E-state index in [1.54, 1.807) is 23.1 Å². The van der Waals surface area contributed by atoms with Crippen LogP contribution < -0.4 is 5.32 Å². The molecule has 0 aliphatic carbocycles. The summed E-state index contributed by atoms with van der Waals surface area (Å²) in [4.78, 5) is 18.1. The van der Waals surface area contributed by atoms with Crippen LogP contribution in [0.2, 0.25) is 0 Å². The van der Waals surface area contributed by atoms with Crippen LogP contribution in [0.1, 0.15) is 26.9 Å². The molecule has 6 nitrogen and oxygen atoms in total. The number of aryl methyl sites for hydroxylation is 1. The third-order valence-electron chi connectivity index (χ3n) is 4.19. The first-order chi connectivity index (χ1) is 13.7. The van der Waals surface area contributed by atoms with Gasteiger partial charge in [-0.3, -0.25) is 9.20 Å². The van der Waals surface area contributed by atoms with Gasteiger partial charge in [-0.05, 0) is 31.2 Å². The molecule has 1 N–H and O–H groups in total. The van der Waals surface area contributed by atoms with E-state index in [1.165, 1.54) is 0 Å². The van der Waals surface area contributed by atoms with Crippen LogP contribution in [-0.4, -0.2) is 32.0 Å². The molecular formula is C20H19N5OS2. The topological polar surface area (TPSA) is 72.2 Å². The number of benzene rings is 1. The number of fused-ring (bicyclic) bond motifs is 1. The van der Waals surface area contributed by atoms with Crippen LogP contribution in [0.15, 0.2) is 58.9 Å². The largest absolute Gasteiger partial charge is 0.352 e. The summed E-state index contributed by atoms with van der Waals surface area (Å²) in [5.74, 6) is 1.50. The number of thiazole rings is 1. The predicted molar refractivity (Wildman–Crippen MR) is 112 cm³/mol. The van der Waals surface area contributed by atoms with Crippen LogP contribution in [0, 0.1) is 6.92 Å². The summed E-state index contributed by atoms with van der Waals surface area (Å²) in [6, 6.07) is 13.5. The maximum atomic E-state index is 12.7. The third kappa shape index (κ3) is 4.23. The Labute approximate surface area is 171 Å². The van der Waals surface area contributed by atoms with Crippen LogP contribution in [-0.2, 0) is 12.2 Å². The van der Waals surface area contributed by atoms with Crippen molar-refractivity contribution in [3.05, 3.63) is 76.1 Å². The number of carbonyl (C=O) groups excluding carboxylic acids is 1. The van der Waals surface area contributed by atoms with Gasteiger partial charge in [-0.25, -0.2) is 4.98 Å². The molecule has 0 atom stereocenters. The van der Waals surface area contributed by atoms with Gasteiger partial charge in [0.25, 0.3) is 5.91 Å². The van der Waals surface area contributed by atoms with Gasteiger partial charge >= 0.3 is 0 Å². The summed E-state index contributed by atoms with van der Waals surface area (Å²) in [6.45, 7) is 2.50.